The van der Waals surface area contributed by atoms with Crippen LogP contribution in [0.5, 0.6) is 11.5 Å². The molecule has 7 nitrogen and oxygen atoms in total. The van der Waals surface area contributed by atoms with Crippen molar-refractivity contribution in [1.82, 2.24) is 9.97 Å². The molecular weight excluding hydrogens is 390 g/mol. The molecule has 3 rings (SSSR count). The lowest BCUT2D eigenvalue weighted by Gasteiger charge is -2.11. The Bertz CT molecular complexity index is 1030. The molecule has 0 aliphatic heterocycles. The Morgan fingerprint density at radius 1 is 1.07 bits per heavy atom. The Labute approximate surface area is 174 Å². The van der Waals surface area contributed by atoms with Gasteiger partial charge in [0, 0.05) is 18.2 Å². The monoisotopic (exact) mass is 411 g/mol. The minimum absolute atomic E-state index is 0.199. The predicted octanol–water partition coefficient (Wildman–Crippen LogP) is 3.80. The second-order valence-electron chi connectivity index (χ2n) is 6.19. The van der Waals surface area contributed by atoms with Crippen molar-refractivity contribution in [2.75, 3.05) is 26.1 Å². The number of hydrogen-bond acceptors (Lipinski definition) is 7. The summed E-state index contributed by atoms with van der Waals surface area (Å²) in [5, 5.41) is 12.7. The summed E-state index contributed by atoms with van der Waals surface area (Å²) < 4.78 is 10.6. The number of hydrogen-bond donors (Lipinski definition) is 3. The Morgan fingerprint density at radius 2 is 1.86 bits per heavy atom. The first-order valence-electron chi connectivity index (χ1n) is 8.86. The van der Waals surface area contributed by atoms with Crippen LogP contribution < -0.4 is 14.8 Å². The van der Waals surface area contributed by atoms with Gasteiger partial charge in [-0.15, -0.1) is 12.6 Å². The SMILES string of the molecule is COc1ccc(CCNc2cc(-c3cccc(C(=O)O)c3)nc(S)n2)cc1OC. The molecule has 8 heteroatoms. The van der Waals surface area contributed by atoms with E-state index < -0.39 is 5.97 Å². The van der Waals surface area contributed by atoms with E-state index in [9.17, 15) is 9.90 Å². The fourth-order valence-corrected chi connectivity index (χ4v) is 3.07. The lowest BCUT2D eigenvalue weighted by atomic mass is 10.1. The largest absolute Gasteiger partial charge is 0.493 e. The minimum Gasteiger partial charge on any atom is -0.493 e. The van der Waals surface area contributed by atoms with Crippen LogP contribution in [0.15, 0.2) is 53.7 Å². The van der Waals surface area contributed by atoms with Gasteiger partial charge in [0.05, 0.1) is 25.5 Å². The molecule has 0 radical (unpaired) electrons. The molecule has 2 N–H and O–H groups in total. The van der Waals surface area contributed by atoms with Crippen molar-refractivity contribution in [2.24, 2.45) is 0 Å². The standard InChI is InChI=1S/C21H21N3O4S/c1-27-17-7-6-13(10-18(17)28-2)8-9-22-19-12-16(23-21(29)24-19)14-4-3-5-15(11-14)20(25)26/h3-7,10-12H,8-9H2,1-2H3,(H,25,26)(H2,22,23,24,29). The van der Waals surface area contributed by atoms with Crippen molar-refractivity contribution in [1.29, 1.82) is 0 Å². The van der Waals surface area contributed by atoms with E-state index in [1.54, 1.807) is 38.5 Å². The second kappa shape index (κ2) is 9.29. The van der Waals surface area contributed by atoms with Gasteiger partial charge in [0.2, 0.25) is 0 Å². The van der Waals surface area contributed by atoms with Gasteiger partial charge < -0.3 is 19.9 Å². The van der Waals surface area contributed by atoms with Crippen LogP contribution in [0.1, 0.15) is 15.9 Å². The highest BCUT2D eigenvalue weighted by Crippen LogP contribution is 2.28. The van der Waals surface area contributed by atoms with Crippen LogP contribution in [0.4, 0.5) is 5.82 Å². The first-order valence-corrected chi connectivity index (χ1v) is 9.31. The highest BCUT2D eigenvalue weighted by Gasteiger charge is 2.09. The topological polar surface area (TPSA) is 93.6 Å². The molecule has 0 fully saturated rings. The van der Waals surface area contributed by atoms with E-state index in [0.29, 0.717) is 40.3 Å². The van der Waals surface area contributed by atoms with E-state index in [4.69, 9.17) is 9.47 Å². The Hall–Kier alpha value is -3.26. The lowest BCUT2D eigenvalue weighted by Crippen LogP contribution is -2.07. The van der Waals surface area contributed by atoms with Gasteiger partial charge >= 0.3 is 5.97 Å². The molecule has 0 saturated carbocycles. The summed E-state index contributed by atoms with van der Waals surface area (Å²) in [4.78, 5) is 19.8. The van der Waals surface area contributed by atoms with Gasteiger partial charge in [-0.1, -0.05) is 18.2 Å². The number of benzene rings is 2. The molecule has 0 saturated heterocycles. The van der Waals surface area contributed by atoms with Crippen molar-refractivity contribution in [3.05, 3.63) is 59.7 Å². The number of ether oxygens (including phenoxy) is 2. The molecule has 3 aromatic rings. The van der Waals surface area contributed by atoms with E-state index in [-0.39, 0.29) is 5.56 Å². The Balaban J connectivity index is 1.72. The van der Waals surface area contributed by atoms with Crippen LogP contribution in [0.25, 0.3) is 11.3 Å². The molecule has 0 bridgehead atoms. The summed E-state index contributed by atoms with van der Waals surface area (Å²) in [6.07, 6.45) is 0.746. The van der Waals surface area contributed by atoms with Crippen LogP contribution in [0, 0.1) is 0 Å². The summed E-state index contributed by atoms with van der Waals surface area (Å²) in [5.41, 5.74) is 2.57. The van der Waals surface area contributed by atoms with Crippen molar-refractivity contribution < 1.29 is 19.4 Å². The number of carboxylic acid groups (broad SMARTS) is 1. The third-order valence-corrected chi connectivity index (χ3v) is 4.49. The number of rotatable bonds is 8. The smallest absolute Gasteiger partial charge is 0.335 e. The van der Waals surface area contributed by atoms with Crippen LogP contribution in [0.3, 0.4) is 0 Å². The molecule has 29 heavy (non-hydrogen) atoms. The maximum Gasteiger partial charge on any atom is 0.335 e. The summed E-state index contributed by atoms with van der Waals surface area (Å²) >= 11 is 4.27. The minimum atomic E-state index is -0.986. The van der Waals surface area contributed by atoms with E-state index in [2.05, 4.69) is 27.9 Å². The molecule has 150 valence electrons. The molecular formula is C21H21N3O4S. The third kappa shape index (κ3) is 5.17. The number of methoxy groups -OCH3 is 2. The average molecular weight is 411 g/mol. The van der Waals surface area contributed by atoms with E-state index >= 15 is 0 Å². The fraction of sp³-hybridized carbons (Fsp3) is 0.190. The summed E-state index contributed by atoms with van der Waals surface area (Å²) in [5.74, 6) is 1.000. The predicted molar refractivity (Wildman–Crippen MR) is 113 cm³/mol. The van der Waals surface area contributed by atoms with Gasteiger partial charge in [-0.2, -0.15) is 0 Å². The number of anilines is 1. The molecule has 0 unspecified atom stereocenters. The van der Waals surface area contributed by atoms with E-state index in [1.807, 2.05) is 18.2 Å². The van der Waals surface area contributed by atoms with Crippen LogP contribution in [-0.2, 0) is 6.42 Å². The fourth-order valence-electron chi connectivity index (χ4n) is 2.86. The second-order valence-corrected chi connectivity index (χ2v) is 6.59. The number of carboxylic acids is 1. The zero-order chi connectivity index (χ0) is 20.8. The number of nitrogens with one attached hydrogen (secondary N) is 1. The summed E-state index contributed by atoms with van der Waals surface area (Å²) in [6.45, 7) is 0.633. The molecule has 0 aliphatic rings. The Kier molecular flexibility index (Phi) is 6.56. The number of aromatic carboxylic acids is 1. The Morgan fingerprint density at radius 3 is 2.59 bits per heavy atom. The number of nitrogens with zero attached hydrogens (tertiary/aromatic N) is 2. The number of thiol groups is 1. The van der Waals surface area contributed by atoms with Crippen molar-refractivity contribution in [3.8, 4) is 22.8 Å². The molecule has 0 atom stereocenters. The van der Waals surface area contributed by atoms with Crippen molar-refractivity contribution >= 4 is 24.4 Å². The van der Waals surface area contributed by atoms with Crippen LogP contribution in [-0.4, -0.2) is 41.8 Å². The van der Waals surface area contributed by atoms with Crippen molar-refractivity contribution in [2.45, 2.75) is 11.6 Å². The summed E-state index contributed by atoms with van der Waals surface area (Å²) in [7, 11) is 3.21. The number of carbonyl (C=O) groups is 1. The molecule has 2 aromatic carbocycles. The highest BCUT2D eigenvalue weighted by molar-refractivity contribution is 7.80. The molecule has 1 heterocycles. The average Bonchev–Trinajstić information content (AvgIpc) is 2.73. The molecule has 0 aliphatic carbocycles. The molecule has 0 spiro atoms. The zero-order valence-electron chi connectivity index (χ0n) is 16.0. The number of aromatic nitrogens is 2. The molecule has 1 aromatic heterocycles. The zero-order valence-corrected chi connectivity index (χ0v) is 16.9. The van der Waals surface area contributed by atoms with E-state index in [1.165, 1.54) is 6.07 Å². The quantitative estimate of drug-likeness (QED) is 0.383. The van der Waals surface area contributed by atoms with Gasteiger partial charge in [-0.25, -0.2) is 14.8 Å². The maximum absolute atomic E-state index is 11.2. The third-order valence-electron chi connectivity index (χ3n) is 4.29. The summed E-state index contributed by atoms with van der Waals surface area (Å²) in [6, 6.07) is 14.2. The van der Waals surface area contributed by atoms with E-state index in [0.717, 1.165) is 12.0 Å². The van der Waals surface area contributed by atoms with Gasteiger partial charge in [0.25, 0.3) is 0 Å². The highest BCUT2D eigenvalue weighted by atomic mass is 32.1. The van der Waals surface area contributed by atoms with Gasteiger partial charge in [-0.3, -0.25) is 0 Å². The molecule has 0 amide bonds. The maximum atomic E-state index is 11.2. The first-order chi connectivity index (χ1) is 14.0. The van der Waals surface area contributed by atoms with Gasteiger partial charge in [-0.05, 0) is 36.2 Å². The van der Waals surface area contributed by atoms with Crippen LogP contribution >= 0.6 is 12.6 Å². The van der Waals surface area contributed by atoms with Crippen molar-refractivity contribution in [3.63, 3.8) is 0 Å². The van der Waals surface area contributed by atoms with Gasteiger partial charge in [0.1, 0.15) is 5.82 Å². The van der Waals surface area contributed by atoms with Gasteiger partial charge in [0.15, 0.2) is 16.7 Å². The van der Waals surface area contributed by atoms with Crippen LogP contribution in [0.2, 0.25) is 0 Å². The lowest BCUT2D eigenvalue weighted by molar-refractivity contribution is 0.0697. The first kappa shape index (κ1) is 20.5. The normalized spacial score (nSPS) is 10.4.